The third kappa shape index (κ3) is 6.97. The molecule has 0 aromatic heterocycles. The second kappa shape index (κ2) is 10.2. The van der Waals surface area contributed by atoms with E-state index in [1.165, 1.54) is 11.1 Å². The highest BCUT2D eigenvalue weighted by Crippen LogP contribution is 2.10. The fourth-order valence-corrected chi connectivity index (χ4v) is 2.54. The van der Waals surface area contributed by atoms with E-state index in [9.17, 15) is 9.59 Å². The average Bonchev–Trinajstić information content (AvgIpc) is 2.63. The van der Waals surface area contributed by atoms with Crippen LogP contribution in [0.25, 0.3) is 0 Å². The number of hydrogen-bond acceptors (Lipinski definition) is 3. The smallest absolute Gasteiger partial charge is 0.407 e. The molecule has 5 heteroatoms. The normalized spacial score (nSPS) is 10.2. The first kappa shape index (κ1) is 19.5. The van der Waals surface area contributed by atoms with Gasteiger partial charge in [0.05, 0.1) is 0 Å². The van der Waals surface area contributed by atoms with Crippen molar-refractivity contribution in [1.29, 1.82) is 0 Å². The molecule has 2 rings (SSSR count). The second-order valence-corrected chi connectivity index (χ2v) is 6.30. The van der Waals surface area contributed by atoms with Crippen molar-refractivity contribution in [3.63, 3.8) is 0 Å². The van der Waals surface area contributed by atoms with Gasteiger partial charge in [0.25, 0.3) is 0 Å². The molecule has 0 saturated heterocycles. The van der Waals surface area contributed by atoms with Crippen molar-refractivity contribution in [1.82, 2.24) is 10.6 Å². The Bertz CT molecular complexity index is 729. The second-order valence-electron chi connectivity index (χ2n) is 6.30. The standard InChI is InChI=1S/C21H26N2O3/c1-16-10-11-19(17(2)13-16)14-23-20(24)9-6-12-22-21(25)26-15-18-7-4-3-5-8-18/h3-5,7-8,10-11,13H,6,9,12,14-15H2,1-2H3,(H,22,25)(H,23,24). The highest BCUT2D eigenvalue weighted by atomic mass is 16.5. The minimum absolute atomic E-state index is 0.0237. The van der Waals surface area contributed by atoms with Crippen LogP contribution in [0, 0.1) is 13.8 Å². The summed E-state index contributed by atoms with van der Waals surface area (Å²) in [4.78, 5) is 23.5. The molecular formula is C21H26N2O3. The number of aryl methyl sites for hydroxylation is 2. The van der Waals surface area contributed by atoms with Gasteiger partial charge in [0.2, 0.25) is 5.91 Å². The first-order chi connectivity index (χ1) is 12.5. The monoisotopic (exact) mass is 354 g/mol. The van der Waals surface area contributed by atoms with Crippen LogP contribution >= 0.6 is 0 Å². The van der Waals surface area contributed by atoms with Crippen molar-refractivity contribution in [2.45, 2.75) is 39.8 Å². The number of benzene rings is 2. The molecule has 0 aliphatic rings. The summed E-state index contributed by atoms with van der Waals surface area (Å²) in [5, 5.41) is 5.57. The number of carbonyl (C=O) groups excluding carboxylic acids is 2. The predicted molar refractivity (Wildman–Crippen MR) is 102 cm³/mol. The summed E-state index contributed by atoms with van der Waals surface area (Å²) in [5.41, 5.74) is 4.44. The number of carbonyl (C=O) groups is 2. The number of rotatable bonds is 8. The Labute approximate surface area is 154 Å². The number of ether oxygens (including phenoxy) is 1. The van der Waals surface area contributed by atoms with Crippen molar-refractivity contribution in [2.75, 3.05) is 6.54 Å². The van der Waals surface area contributed by atoms with Crippen LogP contribution in [0.5, 0.6) is 0 Å². The van der Waals surface area contributed by atoms with Gasteiger partial charge in [-0.2, -0.15) is 0 Å². The van der Waals surface area contributed by atoms with Gasteiger partial charge in [-0.15, -0.1) is 0 Å². The predicted octanol–water partition coefficient (Wildman–Crippen LogP) is 3.63. The molecule has 0 fully saturated rings. The topological polar surface area (TPSA) is 67.4 Å². The van der Waals surface area contributed by atoms with E-state index < -0.39 is 6.09 Å². The largest absolute Gasteiger partial charge is 0.445 e. The minimum atomic E-state index is -0.468. The maximum absolute atomic E-state index is 11.9. The Morgan fingerprint density at radius 2 is 1.77 bits per heavy atom. The Morgan fingerprint density at radius 3 is 2.50 bits per heavy atom. The van der Waals surface area contributed by atoms with Gasteiger partial charge in [0.15, 0.2) is 0 Å². The fraction of sp³-hybridized carbons (Fsp3) is 0.333. The molecule has 0 aliphatic carbocycles. The molecule has 0 spiro atoms. The molecule has 5 nitrogen and oxygen atoms in total. The summed E-state index contributed by atoms with van der Waals surface area (Å²) in [6.45, 7) is 5.26. The minimum Gasteiger partial charge on any atom is -0.445 e. The van der Waals surface area contributed by atoms with Crippen molar-refractivity contribution in [3.05, 3.63) is 70.8 Å². The molecule has 0 radical (unpaired) electrons. The van der Waals surface area contributed by atoms with Crippen LogP contribution in [0.15, 0.2) is 48.5 Å². The number of hydrogen-bond donors (Lipinski definition) is 2. The summed E-state index contributed by atoms with van der Waals surface area (Å²) in [6.07, 6.45) is 0.466. The van der Waals surface area contributed by atoms with Gasteiger partial charge in [0, 0.05) is 19.5 Å². The molecular weight excluding hydrogens is 328 g/mol. The Morgan fingerprint density at radius 1 is 1.00 bits per heavy atom. The molecule has 0 atom stereocenters. The molecule has 2 amide bonds. The Balaban J connectivity index is 1.57. The first-order valence-electron chi connectivity index (χ1n) is 8.82. The molecule has 0 saturated carbocycles. The van der Waals surface area contributed by atoms with Crippen LogP contribution < -0.4 is 10.6 Å². The lowest BCUT2D eigenvalue weighted by Gasteiger charge is -2.09. The SMILES string of the molecule is Cc1ccc(CNC(=O)CCCNC(=O)OCc2ccccc2)c(C)c1. The van der Waals surface area contributed by atoms with Gasteiger partial charge < -0.3 is 15.4 Å². The lowest BCUT2D eigenvalue weighted by atomic mass is 10.1. The lowest BCUT2D eigenvalue weighted by molar-refractivity contribution is -0.121. The Kier molecular flexibility index (Phi) is 7.68. The quantitative estimate of drug-likeness (QED) is 0.712. The van der Waals surface area contributed by atoms with Gasteiger partial charge in [-0.1, -0.05) is 54.1 Å². The summed E-state index contributed by atoms with van der Waals surface area (Å²) in [7, 11) is 0. The Hall–Kier alpha value is -2.82. The molecule has 0 unspecified atom stereocenters. The van der Waals surface area contributed by atoms with Crippen LogP contribution in [0.1, 0.15) is 35.1 Å². The maximum Gasteiger partial charge on any atom is 0.407 e. The molecule has 26 heavy (non-hydrogen) atoms. The molecule has 0 bridgehead atoms. The van der Waals surface area contributed by atoms with Gasteiger partial charge >= 0.3 is 6.09 Å². The summed E-state index contributed by atoms with van der Waals surface area (Å²) < 4.78 is 5.11. The molecule has 2 N–H and O–H groups in total. The summed E-state index contributed by atoms with van der Waals surface area (Å²) in [6, 6.07) is 15.7. The molecule has 2 aromatic rings. The van der Waals surface area contributed by atoms with E-state index in [4.69, 9.17) is 4.74 Å². The summed E-state index contributed by atoms with van der Waals surface area (Å²) in [5.74, 6) is -0.0237. The average molecular weight is 354 g/mol. The maximum atomic E-state index is 11.9. The van der Waals surface area contributed by atoms with E-state index in [-0.39, 0.29) is 12.5 Å². The highest BCUT2D eigenvalue weighted by Gasteiger charge is 2.05. The van der Waals surface area contributed by atoms with Crippen LogP contribution in [0.2, 0.25) is 0 Å². The van der Waals surface area contributed by atoms with Gasteiger partial charge in [-0.3, -0.25) is 4.79 Å². The zero-order valence-corrected chi connectivity index (χ0v) is 15.4. The van der Waals surface area contributed by atoms with Crippen LogP contribution in [0.3, 0.4) is 0 Å². The third-order valence-electron chi connectivity index (χ3n) is 4.04. The van der Waals surface area contributed by atoms with E-state index in [2.05, 4.69) is 16.7 Å². The van der Waals surface area contributed by atoms with E-state index in [1.54, 1.807) is 0 Å². The first-order valence-corrected chi connectivity index (χ1v) is 8.82. The van der Waals surface area contributed by atoms with Crippen molar-refractivity contribution >= 4 is 12.0 Å². The van der Waals surface area contributed by atoms with Gasteiger partial charge in [0.1, 0.15) is 6.61 Å². The van der Waals surface area contributed by atoms with Crippen LogP contribution in [-0.2, 0) is 22.7 Å². The van der Waals surface area contributed by atoms with Crippen molar-refractivity contribution in [2.24, 2.45) is 0 Å². The van der Waals surface area contributed by atoms with E-state index in [0.717, 1.165) is 11.1 Å². The van der Waals surface area contributed by atoms with Crippen molar-refractivity contribution < 1.29 is 14.3 Å². The van der Waals surface area contributed by atoms with Crippen LogP contribution in [0.4, 0.5) is 4.79 Å². The number of amides is 2. The van der Waals surface area contributed by atoms with E-state index in [0.29, 0.717) is 25.9 Å². The van der Waals surface area contributed by atoms with Crippen molar-refractivity contribution in [3.8, 4) is 0 Å². The highest BCUT2D eigenvalue weighted by molar-refractivity contribution is 5.76. The fourth-order valence-electron chi connectivity index (χ4n) is 2.54. The third-order valence-corrected chi connectivity index (χ3v) is 4.04. The zero-order chi connectivity index (χ0) is 18.8. The zero-order valence-electron chi connectivity index (χ0n) is 15.4. The molecule has 0 aliphatic heterocycles. The lowest BCUT2D eigenvalue weighted by Crippen LogP contribution is -2.27. The molecule has 0 heterocycles. The van der Waals surface area contributed by atoms with Gasteiger partial charge in [-0.25, -0.2) is 4.79 Å². The number of alkyl carbamates (subject to hydrolysis) is 1. The molecule has 138 valence electrons. The van der Waals surface area contributed by atoms with E-state index in [1.807, 2.05) is 56.3 Å². The van der Waals surface area contributed by atoms with Crippen LogP contribution in [-0.4, -0.2) is 18.5 Å². The van der Waals surface area contributed by atoms with Gasteiger partial charge in [-0.05, 0) is 37.0 Å². The molecule has 2 aromatic carbocycles. The van der Waals surface area contributed by atoms with E-state index >= 15 is 0 Å². The number of nitrogens with one attached hydrogen (secondary N) is 2. The summed E-state index contributed by atoms with van der Waals surface area (Å²) >= 11 is 0.